The van der Waals surface area contributed by atoms with Gasteiger partial charge in [-0.15, -0.1) is 0 Å². The van der Waals surface area contributed by atoms with Crippen LogP contribution >= 0.6 is 11.6 Å². The van der Waals surface area contributed by atoms with Crippen LogP contribution in [0.25, 0.3) is 0 Å². The number of carbonyl (C=O) groups excluding carboxylic acids is 1. The van der Waals surface area contributed by atoms with E-state index in [9.17, 15) is 4.79 Å². The molecule has 4 nitrogen and oxygen atoms in total. The Labute approximate surface area is 124 Å². The lowest BCUT2D eigenvalue weighted by Gasteiger charge is -2.38. The van der Waals surface area contributed by atoms with Crippen LogP contribution in [0.5, 0.6) is 0 Å². The van der Waals surface area contributed by atoms with Crippen LogP contribution in [0.4, 0.5) is 5.69 Å². The zero-order valence-corrected chi connectivity index (χ0v) is 12.6. The van der Waals surface area contributed by atoms with Crippen molar-refractivity contribution in [2.45, 2.75) is 37.3 Å². The van der Waals surface area contributed by atoms with Crippen molar-refractivity contribution in [2.75, 3.05) is 19.5 Å². The maximum absolute atomic E-state index is 12.2. The Morgan fingerprint density at radius 2 is 2.05 bits per heavy atom. The van der Waals surface area contributed by atoms with Gasteiger partial charge in [0, 0.05) is 17.8 Å². The average Bonchev–Trinajstić information content (AvgIpc) is 2.47. The minimum Gasteiger partial charge on any atom is -0.467 e. The van der Waals surface area contributed by atoms with Crippen LogP contribution in [-0.2, 0) is 14.3 Å². The van der Waals surface area contributed by atoms with Gasteiger partial charge in [0.1, 0.15) is 5.54 Å². The van der Waals surface area contributed by atoms with Gasteiger partial charge in [-0.25, -0.2) is 4.79 Å². The third-order valence-corrected chi connectivity index (χ3v) is 4.14. The monoisotopic (exact) mass is 297 g/mol. The number of esters is 1. The molecule has 0 radical (unpaired) electrons. The largest absolute Gasteiger partial charge is 0.467 e. The number of hydrogen-bond acceptors (Lipinski definition) is 4. The first-order valence-electron chi connectivity index (χ1n) is 6.74. The maximum Gasteiger partial charge on any atom is 0.331 e. The summed E-state index contributed by atoms with van der Waals surface area (Å²) < 4.78 is 10.4. The topological polar surface area (TPSA) is 47.6 Å². The van der Waals surface area contributed by atoms with E-state index in [-0.39, 0.29) is 12.1 Å². The SMILES string of the molecule is COC(=O)C1(Nc2cccc(Cl)c2)CCC(OC)CC1. The number of methoxy groups -OCH3 is 2. The summed E-state index contributed by atoms with van der Waals surface area (Å²) in [5.41, 5.74) is 0.146. The summed E-state index contributed by atoms with van der Waals surface area (Å²) in [6, 6.07) is 7.38. The number of halogens is 1. The fourth-order valence-corrected chi connectivity index (χ4v) is 2.93. The lowest BCUT2D eigenvalue weighted by Crippen LogP contribution is -2.50. The Kier molecular flexibility index (Phi) is 4.89. The Morgan fingerprint density at radius 1 is 1.35 bits per heavy atom. The molecule has 0 unspecified atom stereocenters. The van der Waals surface area contributed by atoms with E-state index < -0.39 is 5.54 Å². The van der Waals surface area contributed by atoms with Gasteiger partial charge in [-0.05, 0) is 43.9 Å². The molecule has 1 aliphatic rings. The van der Waals surface area contributed by atoms with Crippen molar-refractivity contribution >= 4 is 23.3 Å². The van der Waals surface area contributed by atoms with Crippen molar-refractivity contribution in [1.29, 1.82) is 0 Å². The third-order valence-electron chi connectivity index (χ3n) is 3.90. The third kappa shape index (κ3) is 3.25. The number of anilines is 1. The van der Waals surface area contributed by atoms with E-state index in [1.807, 2.05) is 18.2 Å². The van der Waals surface area contributed by atoms with Gasteiger partial charge in [0.15, 0.2) is 0 Å². The van der Waals surface area contributed by atoms with Gasteiger partial charge in [-0.3, -0.25) is 0 Å². The first-order chi connectivity index (χ1) is 9.59. The standard InChI is InChI=1S/C15H20ClNO3/c1-19-13-6-8-15(9-7-13,14(18)20-2)17-12-5-3-4-11(16)10-12/h3-5,10,13,17H,6-9H2,1-2H3. The quantitative estimate of drug-likeness (QED) is 0.867. The molecular weight excluding hydrogens is 278 g/mol. The van der Waals surface area contributed by atoms with Crippen molar-refractivity contribution < 1.29 is 14.3 Å². The summed E-state index contributed by atoms with van der Waals surface area (Å²) in [6.07, 6.45) is 3.25. The van der Waals surface area contributed by atoms with Gasteiger partial charge in [0.2, 0.25) is 0 Å². The molecule has 1 N–H and O–H groups in total. The average molecular weight is 298 g/mol. The van der Waals surface area contributed by atoms with E-state index in [2.05, 4.69) is 5.32 Å². The Balaban J connectivity index is 2.18. The van der Waals surface area contributed by atoms with E-state index in [4.69, 9.17) is 21.1 Å². The number of ether oxygens (including phenoxy) is 2. The summed E-state index contributed by atoms with van der Waals surface area (Å²) in [6.45, 7) is 0. The van der Waals surface area contributed by atoms with Crippen molar-refractivity contribution in [3.63, 3.8) is 0 Å². The molecule has 1 aromatic rings. The van der Waals surface area contributed by atoms with Gasteiger partial charge in [-0.1, -0.05) is 17.7 Å². The highest BCUT2D eigenvalue weighted by Gasteiger charge is 2.43. The molecule has 110 valence electrons. The highest BCUT2D eigenvalue weighted by atomic mass is 35.5. The molecule has 0 spiro atoms. The van der Waals surface area contributed by atoms with Gasteiger partial charge in [-0.2, -0.15) is 0 Å². The van der Waals surface area contributed by atoms with Crippen molar-refractivity contribution in [3.8, 4) is 0 Å². The number of hydrogen-bond donors (Lipinski definition) is 1. The van der Waals surface area contributed by atoms with E-state index in [1.165, 1.54) is 7.11 Å². The lowest BCUT2D eigenvalue weighted by molar-refractivity contribution is -0.148. The molecule has 0 atom stereocenters. The first kappa shape index (κ1) is 15.1. The predicted octanol–water partition coefficient (Wildman–Crippen LogP) is 3.25. The van der Waals surface area contributed by atoms with E-state index >= 15 is 0 Å². The predicted molar refractivity (Wildman–Crippen MR) is 79.1 cm³/mol. The number of benzene rings is 1. The fraction of sp³-hybridized carbons (Fsp3) is 0.533. The van der Waals surface area contributed by atoms with Gasteiger partial charge >= 0.3 is 5.97 Å². The van der Waals surface area contributed by atoms with Crippen LogP contribution in [0.1, 0.15) is 25.7 Å². The molecule has 1 aromatic carbocycles. The van der Waals surface area contributed by atoms with Crippen LogP contribution < -0.4 is 5.32 Å². The lowest BCUT2D eigenvalue weighted by atomic mass is 9.80. The van der Waals surface area contributed by atoms with Gasteiger partial charge in [0.25, 0.3) is 0 Å². The Bertz CT molecular complexity index is 470. The minimum atomic E-state index is -0.686. The smallest absolute Gasteiger partial charge is 0.331 e. The van der Waals surface area contributed by atoms with Crippen LogP contribution in [0.15, 0.2) is 24.3 Å². The normalized spacial score (nSPS) is 26.1. The van der Waals surface area contributed by atoms with Crippen LogP contribution in [0, 0.1) is 0 Å². The molecule has 0 saturated heterocycles. The molecule has 0 amide bonds. The summed E-state index contributed by atoms with van der Waals surface area (Å²) in [7, 11) is 3.13. The summed E-state index contributed by atoms with van der Waals surface area (Å²) in [5.74, 6) is -0.230. The summed E-state index contributed by atoms with van der Waals surface area (Å²) in [4.78, 5) is 12.2. The number of rotatable bonds is 4. The van der Waals surface area contributed by atoms with E-state index in [0.29, 0.717) is 17.9 Å². The zero-order valence-electron chi connectivity index (χ0n) is 11.8. The molecule has 1 saturated carbocycles. The Morgan fingerprint density at radius 3 is 2.60 bits per heavy atom. The fourth-order valence-electron chi connectivity index (χ4n) is 2.74. The molecule has 0 aromatic heterocycles. The molecule has 1 fully saturated rings. The molecule has 0 bridgehead atoms. The zero-order chi connectivity index (χ0) is 14.6. The molecule has 2 rings (SSSR count). The molecule has 20 heavy (non-hydrogen) atoms. The molecule has 0 aliphatic heterocycles. The molecule has 0 heterocycles. The second kappa shape index (κ2) is 6.46. The van der Waals surface area contributed by atoms with Crippen molar-refractivity contribution in [1.82, 2.24) is 0 Å². The van der Waals surface area contributed by atoms with Crippen LogP contribution in [0.2, 0.25) is 5.02 Å². The highest BCUT2D eigenvalue weighted by molar-refractivity contribution is 6.30. The molecule has 1 aliphatic carbocycles. The van der Waals surface area contributed by atoms with E-state index in [1.54, 1.807) is 13.2 Å². The second-order valence-electron chi connectivity index (χ2n) is 5.14. The highest BCUT2D eigenvalue weighted by Crippen LogP contribution is 2.34. The van der Waals surface area contributed by atoms with Crippen LogP contribution in [0.3, 0.4) is 0 Å². The van der Waals surface area contributed by atoms with Gasteiger partial charge < -0.3 is 14.8 Å². The first-order valence-corrected chi connectivity index (χ1v) is 7.12. The van der Waals surface area contributed by atoms with E-state index in [0.717, 1.165) is 18.5 Å². The number of nitrogens with one attached hydrogen (secondary N) is 1. The van der Waals surface area contributed by atoms with Crippen molar-refractivity contribution in [2.24, 2.45) is 0 Å². The van der Waals surface area contributed by atoms with Crippen LogP contribution in [-0.4, -0.2) is 31.8 Å². The maximum atomic E-state index is 12.2. The summed E-state index contributed by atoms with van der Waals surface area (Å²) in [5, 5.41) is 3.96. The summed E-state index contributed by atoms with van der Waals surface area (Å²) >= 11 is 5.99. The molecule has 5 heteroatoms. The van der Waals surface area contributed by atoms with Gasteiger partial charge in [0.05, 0.1) is 13.2 Å². The molecular formula is C15H20ClNO3. The van der Waals surface area contributed by atoms with Crippen molar-refractivity contribution in [3.05, 3.63) is 29.3 Å². The second-order valence-corrected chi connectivity index (χ2v) is 5.58. The number of carbonyl (C=O) groups is 1. The Hall–Kier alpha value is -1.26. The minimum absolute atomic E-state index is 0.217.